The smallest absolute Gasteiger partial charge is 0.334 e. The summed E-state index contributed by atoms with van der Waals surface area (Å²) in [5.74, 6) is -0.374. The van der Waals surface area contributed by atoms with Crippen molar-refractivity contribution in [2.75, 3.05) is 6.61 Å². The van der Waals surface area contributed by atoms with Crippen molar-refractivity contribution < 1.29 is 14.3 Å². The average Bonchev–Trinajstić information content (AvgIpc) is 2.51. The van der Waals surface area contributed by atoms with Crippen LogP contribution in [0.4, 0.5) is 0 Å². The van der Waals surface area contributed by atoms with Gasteiger partial charge in [-0.15, -0.1) is 0 Å². The van der Waals surface area contributed by atoms with Crippen molar-refractivity contribution in [3.63, 3.8) is 0 Å². The molecule has 0 aliphatic rings. The molecule has 130 valence electrons. The Hall–Kier alpha value is -2.03. The molecule has 1 N–H and O–H groups in total. The number of esters is 1. The lowest BCUT2D eigenvalue weighted by molar-refractivity contribution is -0.167. The van der Waals surface area contributed by atoms with Gasteiger partial charge < -0.3 is 14.8 Å². The number of allylic oxidation sites excluding steroid dienone is 1. The molecular weight excluding hydrogens is 328 g/mol. The third-order valence-electron chi connectivity index (χ3n) is 3.25. The summed E-state index contributed by atoms with van der Waals surface area (Å²) < 4.78 is 10.3. The minimum atomic E-state index is -0.589. The van der Waals surface area contributed by atoms with Crippen LogP contribution in [0, 0.1) is 17.2 Å². The zero-order valence-corrected chi connectivity index (χ0v) is 15.2. The second kappa shape index (κ2) is 9.96. The predicted octanol–water partition coefficient (Wildman–Crippen LogP) is 3.77. The quantitative estimate of drug-likeness (QED) is 0.439. The molecule has 1 unspecified atom stereocenters. The third kappa shape index (κ3) is 6.61. The Morgan fingerprint density at radius 3 is 2.71 bits per heavy atom. The summed E-state index contributed by atoms with van der Waals surface area (Å²) in [6.45, 7) is 8.32. The van der Waals surface area contributed by atoms with Gasteiger partial charge in [0, 0.05) is 29.9 Å². The number of hydrogen-bond acceptors (Lipinski definition) is 5. The Morgan fingerprint density at radius 2 is 2.12 bits per heavy atom. The van der Waals surface area contributed by atoms with E-state index in [4.69, 9.17) is 21.1 Å². The van der Waals surface area contributed by atoms with Crippen molar-refractivity contribution in [2.24, 2.45) is 5.92 Å². The monoisotopic (exact) mass is 350 g/mol. The molecule has 5 nitrogen and oxygen atoms in total. The van der Waals surface area contributed by atoms with Crippen LogP contribution in [-0.4, -0.2) is 18.9 Å². The van der Waals surface area contributed by atoms with Gasteiger partial charge in [-0.3, -0.25) is 0 Å². The predicted molar refractivity (Wildman–Crippen MR) is 93.1 cm³/mol. The van der Waals surface area contributed by atoms with Crippen molar-refractivity contribution in [1.29, 1.82) is 5.26 Å². The second-order valence-corrected chi connectivity index (χ2v) is 5.92. The van der Waals surface area contributed by atoms with Crippen molar-refractivity contribution in [3.8, 4) is 6.07 Å². The fraction of sp³-hybridized carbons (Fsp3) is 0.444. The van der Waals surface area contributed by atoms with Crippen molar-refractivity contribution in [2.45, 2.75) is 40.5 Å². The van der Waals surface area contributed by atoms with E-state index in [1.165, 1.54) is 6.08 Å². The molecule has 0 fully saturated rings. The Labute approximate surface area is 148 Å². The highest BCUT2D eigenvalue weighted by Crippen LogP contribution is 2.16. The van der Waals surface area contributed by atoms with Gasteiger partial charge in [0.15, 0.2) is 6.29 Å². The number of nitrogens with zero attached hydrogens (tertiary/aromatic N) is 1. The number of nitriles is 1. The van der Waals surface area contributed by atoms with Crippen molar-refractivity contribution >= 4 is 17.6 Å². The summed E-state index contributed by atoms with van der Waals surface area (Å²) in [5.41, 5.74) is 2.04. The van der Waals surface area contributed by atoms with Gasteiger partial charge in [0.2, 0.25) is 0 Å². The van der Waals surface area contributed by atoms with Crippen LogP contribution in [0.5, 0.6) is 0 Å². The second-order valence-electron chi connectivity index (χ2n) is 5.48. The molecule has 0 saturated carbocycles. The number of halogens is 1. The maximum atomic E-state index is 11.9. The lowest BCUT2D eigenvalue weighted by Gasteiger charge is -2.16. The number of ether oxygens (including phenoxy) is 2. The lowest BCUT2D eigenvalue weighted by Crippen LogP contribution is -2.22. The van der Waals surface area contributed by atoms with E-state index in [1.54, 1.807) is 25.1 Å². The normalized spacial score (nSPS) is 12.6. The highest BCUT2D eigenvalue weighted by Gasteiger charge is 2.11. The number of carbonyl (C=O) groups is 1. The fourth-order valence-corrected chi connectivity index (χ4v) is 2.19. The summed E-state index contributed by atoms with van der Waals surface area (Å²) >= 11 is 5.90. The van der Waals surface area contributed by atoms with E-state index in [-0.39, 0.29) is 5.92 Å². The van der Waals surface area contributed by atoms with E-state index in [2.05, 4.69) is 11.4 Å². The molecule has 0 radical (unpaired) electrons. The first-order valence-electron chi connectivity index (χ1n) is 7.83. The topological polar surface area (TPSA) is 71.3 Å². The molecule has 0 aliphatic heterocycles. The Balaban J connectivity index is 2.78. The molecule has 24 heavy (non-hydrogen) atoms. The van der Waals surface area contributed by atoms with E-state index in [0.29, 0.717) is 23.7 Å². The molecule has 0 amide bonds. The van der Waals surface area contributed by atoms with Crippen LogP contribution >= 0.6 is 11.6 Å². The molecule has 1 atom stereocenters. The summed E-state index contributed by atoms with van der Waals surface area (Å²) in [5, 5.41) is 12.9. The van der Waals surface area contributed by atoms with Crippen molar-refractivity contribution in [3.05, 3.63) is 46.1 Å². The minimum Gasteiger partial charge on any atom is -0.433 e. The van der Waals surface area contributed by atoms with Crippen LogP contribution in [0.1, 0.15) is 38.8 Å². The Morgan fingerprint density at radius 1 is 1.42 bits per heavy atom. The van der Waals surface area contributed by atoms with Gasteiger partial charge in [-0.1, -0.05) is 31.5 Å². The SMILES string of the molecule is CCOC(C)OC(=O)/C=C(\NCc1ccc(Cl)cc1C#N)C(C)C. The largest absolute Gasteiger partial charge is 0.433 e. The summed E-state index contributed by atoms with van der Waals surface area (Å²) in [7, 11) is 0. The van der Waals surface area contributed by atoms with Gasteiger partial charge >= 0.3 is 5.97 Å². The average molecular weight is 351 g/mol. The van der Waals surface area contributed by atoms with Gasteiger partial charge in [0.05, 0.1) is 11.6 Å². The Bertz CT molecular complexity index is 636. The minimum absolute atomic E-state index is 0.0952. The van der Waals surface area contributed by atoms with Crippen LogP contribution in [0.25, 0.3) is 0 Å². The number of carbonyl (C=O) groups excluding carboxylic acids is 1. The number of rotatable bonds is 8. The molecule has 1 aromatic rings. The van der Waals surface area contributed by atoms with E-state index in [1.807, 2.05) is 20.8 Å². The molecule has 0 bridgehead atoms. The highest BCUT2D eigenvalue weighted by molar-refractivity contribution is 6.30. The molecule has 6 heteroatoms. The number of hydrogen-bond donors (Lipinski definition) is 1. The van der Waals surface area contributed by atoms with E-state index in [0.717, 1.165) is 11.3 Å². The lowest BCUT2D eigenvalue weighted by atomic mass is 10.1. The van der Waals surface area contributed by atoms with Crippen LogP contribution < -0.4 is 5.32 Å². The fourth-order valence-electron chi connectivity index (χ4n) is 2.02. The molecule has 0 heterocycles. The van der Waals surface area contributed by atoms with Crippen LogP contribution in [-0.2, 0) is 20.8 Å². The first-order valence-corrected chi connectivity index (χ1v) is 8.21. The first kappa shape index (κ1) is 20.0. The van der Waals surface area contributed by atoms with Crippen LogP contribution in [0.3, 0.4) is 0 Å². The maximum Gasteiger partial charge on any atom is 0.334 e. The van der Waals surface area contributed by atoms with E-state index >= 15 is 0 Å². The summed E-state index contributed by atoms with van der Waals surface area (Å²) in [4.78, 5) is 11.9. The first-order chi connectivity index (χ1) is 11.4. The molecular formula is C18H23ClN2O3. The van der Waals surface area contributed by atoms with E-state index < -0.39 is 12.3 Å². The molecule has 1 rings (SSSR count). The molecule has 1 aromatic carbocycles. The zero-order valence-electron chi connectivity index (χ0n) is 14.4. The van der Waals surface area contributed by atoms with Gasteiger partial charge in [-0.25, -0.2) is 4.79 Å². The molecule has 0 aliphatic carbocycles. The van der Waals surface area contributed by atoms with Crippen molar-refractivity contribution in [1.82, 2.24) is 5.32 Å². The zero-order chi connectivity index (χ0) is 18.1. The Kier molecular flexibility index (Phi) is 8.31. The summed E-state index contributed by atoms with van der Waals surface area (Å²) in [6, 6.07) is 7.26. The number of nitrogens with one attached hydrogen (secondary N) is 1. The summed E-state index contributed by atoms with van der Waals surface area (Å²) in [6.07, 6.45) is 0.830. The van der Waals surface area contributed by atoms with Gasteiger partial charge in [0.1, 0.15) is 0 Å². The molecule has 0 aromatic heterocycles. The van der Waals surface area contributed by atoms with Crippen LogP contribution in [0.2, 0.25) is 5.02 Å². The maximum absolute atomic E-state index is 11.9. The third-order valence-corrected chi connectivity index (χ3v) is 3.49. The van der Waals surface area contributed by atoms with E-state index in [9.17, 15) is 10.1 Å². The van der Waals surface area contributed by atoms with Gasteiger partial charge in [0.25, 0.3) is 0 Å². The standard InChI is InChI=1S/C18H23ClN2O3/c1-5-23-13(4)24-18(22)9-17(12(2)3)21-11-14-6-7-16(19)8-15(14)10-20/h6-9,12-13,21H,5,11H2,1-4H3/b17-9-. The van der Waals surface area contributed by atoms with Crippen LogP contribution in [0.15, 0.2) is 30.0 Å². The molecule has 0 saturated heterocycles. The molecule has 0 spiro atoms. The highest BCUT2D eigenvalue weighted by atomic mass is 35.5. The van der Waals surface area contributed by atoms with Gasteiger partial charge in [-0.2, -0.15) is 5.26 Å². The number of benzene rings is 1. The van der Waals surface area contributed by atoms with Gasteiger partial charge in [-0.05, 0) is 37.5 Å².